The summed E-state index contributed by atoms with van der Waals surface area (Å²) < 4.78 is 2.11. The lowest BCUT2D eigenvalue weighted by Gasteiger charge is -1.99. The maximum absolute atomic E-state index is 8.23. The molecular formula is C2H7NO2S. The summed E-state index contributed by atoms with van der Waals surface area (Å²) in [6.07, 6.45) is -0.895. The summed E-state index contributed by atoms with van der Waals surface area (Å²) in [6, 6.07) is 0. The van der Waals surface area contributed by atoms with E-state index in [0.29, 0.717) is 0 Å². The van der Waals surface area contributed by atoms with E-state index in [2.05, 4.69) is 17.5 Å². The Morgan fingerprint density at radius 3 is 2.33 bits per heavy atom. The van der Waals surface area contributed by atoms with Crippen LogP contribution in [0.15, 0.2) is 0 Å². The van der Waals surface area contributed by atoms with Crippen molar-refractivity contribution in [3.05, 3.63) is 0 Å². The number of hydrogen-bond acceptors (Lipinski definition) is 4. The maximum atomic E-state index is 8.23. The summed E-state index contributed by atoms with van der Waals surface area (Å²) in [7, 11) is 0. The predicted octanol–water partition coefficient (Wildman–Crippen LogP) is -1.27. The van der Waals surface area contributed by atoms with Crippen LogP contribution in [0.1, 0.15) is 0 Å². The second-order valence-corrected chi connectivity index (χ2v) is 1.09. The topological polar surface area (TPSA) is 52.5 Å². The molecule has 0 aromatic rings. The van der Waals surface area contributed by atoms with Crippen molar-refractivity contribution in [1.82, 2.24) is 4.72 Å². The lowest BCUT2D eigenvalue weighted by molar-refractivity contribution is 0.0897. The molecule has 0 aromatic carbocycles. The fourth-order valence-electron chi connectivity index (χ4n) is 0.0408. The highest BCUT2D eigenvalue weighted by Gasteiger charge is 1.91. The number of rotatable bonds is 2. The number of thiol groups is 1. The molecule has 0 saturated heterocycles. The van der Waals surface area contributed by atoms with Gasteiger partial charge in [-0.3, -0.25) is 0 Å². The fraction of sp³-hybridized carbons (Fsp3) is 1.00. The molecule has 4 heteroatoms. The van der Waals surface area contributed by atoms with Crippen molar-refractivity contribution in [3.63, 3.8) is 0 Å². The standard InChI is InChI=1S/C2H7NO2S/c4-1-2(5)3-6/h2-6H,1H2. The molecule has 0 aromatic heterocycles. The first kappa shape index (κ1) is 6.23. The van der Waals surface area contributed by atoms with Gasteiger partial charge in [0, 0.05) is 0 Å². The Bertz CT molecular complexity index is 30.7. The molecule has 0 radical (unpaired) electrons. The van der Waals surface area contributed by atoms with Crippen LogP contribution in [0.2, 0.25) is 0 Å². The third-order valence-electron chi connectivity index (χ3n) is 0.322. The van der Waals surface area contributed by atoms with Crippen LogP contribution in [0.25, 0.3) is 0 Å². The summed E-state index contributed by atoms with van der Waals surface area (Å²) in [6.45, 7) is -0.302. The molecule has 0 spiro atoms. The maximum Gasteiger partial charge on any atom is 0.136 e. The van der Waals surface area contributed by atoms with Gasteiger partial charge in [-0.1, -0.05) is 12.8 Å². The van der Waals surface area contributed by atoms with E-state index >= 15 is 0 Å². The van der Waals surface area contributed by atoms with Crippen molar-refractivity contribution in [2.45, 2.75) is 6.23 Å². The SMILES string of the molecule is OCC(O)NS. The van der Waals surface area contributed by atoms with E-state index in [9.17, 15) is 0 Å². The largest absolute Gasteiger partial charge is 0.392 e. The zero-order chi connectivity index (χ0) is 4.99. The minimum Gasteiger partial charge on any atom is -0.392 e. The lowest BCUT2D eigenvalue weighted by Crippen LogP contribution is -2.23. The molecule has 0 rings (SSSR count). The molecule has 0 aliphatic heterocycles. The third-order valence-corrected chi connectivity index (χ3v) is 0.620. The van der Waals surface area contributed by atoms with Crippen molar-refractivity contribution in [2.75, 3.05) is 6.61 Å². The predicted molar refractivity (Wildman–Crippen MR) is 25.2 cm³/mol. The highest BCUT2D eigenvalue weighted by molar-refractivity contribution is 7.78. The smallest absolute Gasteiger partial charge is 0.136 e. The first-order valence-corrected chi connectivity index (χ1v) is 1.94. The van der Waals surface area contributed by atoms with Gasteiger partial charge < -0.3 is 10.2 Å². The van der Waals surface area contributed by atoms with Crippen molar-refractivity contribution >= 4 is 12.8 Å². The summed E-state index contributed by atoms with van der Waals surface area (Å²) in [4.78, 5) is 0. The molecule has 0 amide bonds. The first-order chi connectivity index (χ1) is 2.81. The molecule has 3 nitrogen and oxygen atoms in total. The summed E-state index contributed by atoms with van der Waals surface area (Å²) in [5, 5.41) is 16.2. The number of aliphatic hydroxyl groups excluding tert-OH is 2. The number of aliphatic hydroxyl groups is 2. The minimum absolute atomic E-state index is 0.302. The van der Waals surface area contributed by atoms with E-state index in [-0.39, 0.29) is 6.61 Å². The van der Waals surface area contributed by atoms with Crippen LogP contribution in [0, 0.1) is 0 Å². The second kappa shape index (κ2) is 3.42. The van der Waals surface area contributed by atoms with Gasteiger partial charge in [-0.25, -0.2) is 4.72 Å². The highest BCUT2D eigenvalue weighted by atomic mass is 32.1. The quantitative estimate of drug-likeness (QED) is 0.264. The first-order valence-electron chi connectivity index (χ1n) is 1.49. The normalized spacial score (nSPS) is 14.5. The number of hydrogen-bond donors (Lipinski definition) is 4. The van der Waals surface area contributed by atoms with E-state index in [4.69, 9.17) is 10.2 Å². The van der Waals surface area contributed by atoms with Crippen LogP contribution in [0.3, 0.4) is 0 Å². The Hall–Kier alpha value is 0.230. The Labute approximate surface area is 41.5 Å². The van der Waals surface area contributed by atoms with Crippen molar-refractivity contribution in [1.29, 1.82) is 0 Å². The highest BCUT2D eigenvalue weighted by Crippen LogP contribution is 1.70. The molecule has 1 unspecified atom stereocenters. The molecule has 38 valence electrons. The molecular weight excluding hydrogens is 102 g/mol. The van der Waals surface area contributed by atoms with Crippen LogP contribution in [-0.2, 0) is 0 Å². The molecule has 0 fully saturated rings. The van der Waals surface area contributed by atoms with Crippen LogP contribution in [0.4, 0.5) is 0 Å². The van der Waals surface area contributed by atoms with Gasteiger partial charge in [0.05, 0.1) is 6.61 Å². The minimum atomic E-state index is -0.895. The molecule has 6 heavy (non-hydrogen) atoms. The molecule has 0 heterocycles. The average molecular weight is 109 g/mol. The molecule has 0 saturated carbocycles. The monoisotopic (exact) mass is 109 g/mol. The Morgan fingerprint density at radius 1 is 1.83 bits per heavy atom. The van der Waals surface area contributed by atoms with Crippen LogP contribution < -0.4 is 4.72 Å². The van der Waals surface area contributed by atoms with Gasteiger partial charge in [0.25, 0.3) is 0 Å². The zero-order valence-corrected chi connectivity index (χ0v) is 4.02. The van der Waals surface area contributed by atoms with Crippen molar-refractivity contribution in [3.8, 4) is 0 Å². The van der Waals surface area contributed by atoms with Gasteiger partial charge in [-0.05, 0) is 0 Å². The summed E-state index contributed by atoms with van der Waals surface area (Å²) in [5.41, 5.74) is 0. The lowest BCUT2D eigenvalue weighted by atomic mass is 10.7. The second-order valence-electron chi connectivity index (χ2n) is 0.827. The molecule has 0 aliphatic rings. The van der Waals surface area contributed by atoms with Crippen molar-refractivity contribution in [2.24, 2.45) is 0 Å². The van der Waals surface area contributed by atoms with E-state index in [1.54, 1.807) is 0 Å². The summed E-state index contributed by atoms with van der Waals surface area (Å²) >= 11 is 3.44. The Balaban J connectivity index is 2.75. The Kier molecular flexibility index (Phi) is 3.55. The van der Waals surface area contributed by atoms with Gasteiger partial charge in [0.15, 0.2) is 0 Å². The van der Waals surface area contributed by atoms with Gasteiger partial charge >= 0.3 is 0 Å². The third kappa shape index (κ3) is 2.47. The van der Waals surface area contributed by atoms with Gasteiger partial charge in [-0.2, -0.15) is 0 Å². The van der Waals surface area contributed by atoms with Crippen LogP contribution >= 0.6 is 12.8 Å². The molecule has 0 bridgehead atoms. The fourth-order valence-corrected chi connectivity index (χ4v) is 0.122. The Morgan fingerprint density at radius 2 is 2.33 bits per heavy atom. The van der Waals surface area contributed by atoms with Crippen molar-refractivity contribution < 1.29 is 10.2 Å². The average Bonchev–Trinajstić information content (AvgIpc) is 1.65. The molecule has 1 atom stereocenters. The van der Waals surface area contributed by atoms with E-state index < -0.39 is 6.23 Å². The van der Waals surface area contributed by atoms with Gasteiger partial charge in [0.1, 0.15) is 6.23 Å². The van der Waals surface area contributed by atoms with Crippen LogP contribution in [-0.4, -0.2) is 23.0 Å². The van der Waals surface area contributed by atoms with E-state index in [0.717, 1.165) is 0 Å². The van der Waals surface area contributed by atoms with Gasteiger partial charge in [0.2, 0.25) is 0 Å². The van der Waals surface area contributed by atoms with E-state index in [1.165, 1.54) is 0 Å². The van der Waals surface area contributed by atoms with Gasteiger partial charge in [-0.15, -0.1) is 0 Å². The van der Waals surface area contributed by atoms with E-state index in [1.807, 2.05) is 0 Å². The zero-order valence-electron chi connectivity index (χ0n) is 3.13. The number of nitrogens with one attached hydrogen (secondary N) is 1. The summed E-state index contributed by atoms with van der Waals surface area (Å²) in [5.74, 6) is 0. The molecule has 0 aliphatic carbocycles. The van der Waals surface area contributed by atoms with Crippen LogP contribution in [0.5, 0.6) is 0 Å². The molecule has 3 N–H and O–H groups in total.